The molecule has 96 valence electrons. The van der Waals surface area contributed by atoms with Crippen LogP contribution in [0.1, 0.15) is 5.56 Å². The summed E-state index contributed by atoms with van der Waals surface area (Å²) in [6.07, 6.45) is 4.58. The van der Waals surface area contributed by atoms with Gasteiger partial charge in [0.05, 0.1) is 5.02 Å². The molecule has 0 aliphatic rings. The molecule has 5 nitrogen and oxygen atoms in total. The van der Waals surface area contributed by atoms with E-state index in [1.807, 2.05) is 0 Å². The van der Waals surface area contributed by atoms with Gasteiger partial charge in [-0.05, 0) is 17.7 Å². The van der Waals surface area contributed by atoms with Crippen LogP contribution in [0.5, 0.6) is 0 Å². The van der Waals surface area contributed by atoms with Crippen molar-refractivity contribution in [3.8, 4) is 0 Å². The van der Waals surface area contributed by atoms with Crippen LogP contribution in [0.25, 0.3) is 0 Å². The number of H-pyrrole nitrogens is 1. The normalized spacial score (nSPS) is 11.7. The second-order valence-electron chi connectivity index (χ2n) is 3.49. The third-order valence-corrected chi connectivity index (χ3v) is 4.26. The molecule has 0 aromatic carbocycles. The van der Waals surface area contributed by atoms with Gasteiger partial charge in [0.1, 0.15) is 10.0 Å². The Morgan fingerprint density at radius 3 is 2.78 bits per heavy atom. The molecule has 2 aromatic heterocycles. The third kappa shape index (κ3) is 3.02. The molecule has 0 saturated heterocycles. The minimum absolute atomic E-state index is 0.0209. The molecule has 0 fully saturated rings. The van der Waals surface area contributed by atoms with Gasteiger partial charge in [-0.25, -0.2) is 18.1 Å². The molecule has 2 aromatic rings. The molecule has 2 N–H and O–H groups in total. The first-order valence-electron chi connectivity index (χ1n) is 4.91. The summed E-state index contributed by atoms with van der Waals surface area (Å²) in [5.41, 5.74) is 0.826. The summed E-state index contributed by atoms with van der Waals surface area (Å²) in [5.74, 6) is 0. The Kier molecular flexibility index (Phi) is 3.91. The lowest BCUT2D eigenvalue weighted by Crippen LogP contribution is -2.23. The van der Waals surface area contributed by atoms with Gasteiger partial charge in [-0.3, -0.25) is 0 Å². The molecule has 8 heteroatoms. The monoisotopic (exact) mass is 305 g/mol. The van der Waals surface area contributed by atoms with E-state index in [0.29, 0.717) is 0 Å². The largest absolute Gasteiger partial charge is 0.367 e. The number of halogens is 2. The molecule has 0 amide bonds. The zero-order chi connectivity index (χ0) is 13.2. The van der Waals surface area contributed by atoms with Crippen molar-refractivity contribution in [3.63, 3.8) is 0 Å². The number of pyridine rings is 1. The average molecular weight is 306 g/mol. The van der Waals surface area contributed by atoms with Crippen molar-refractivity contribution < 1.29 is 8.42 Å². The van der Waals surface area contributed by atoms with E-state index >= 15 is 0 Å². The van der Waals surface area contributed by atoms with E-state index in [0.717, 1.165) is 11.8 Å². The van der Waals surface area contributed by atoms with Crippen molar-refractivity contribution in [2.24, 2.45) is 0 Å². The average Bonchev–Trinajstić information content (AvgIpc) is 2.83. The summed E-state index contributed by atoms with van der Waals surface area (Å²) in [7, 11) is -3.65. The number of rotatable bonds is 4. The van der Waals surface area contributed by atoms with E-state index in [1.54, 1.807) is 18.5 Å². The molecule has 18 heavy (non-hydrogen) atoms. The SMILES string of the molecule is O=S(=O)(NCc1cc[nH]c1)c1cnc(Cl)c(Cl)c1. The summed E-state index contributed by atoms with van der Waals surface area (Å²) in [6.45, 7) is 0.187. The molecule has 0 bridgehead atoms. The maximum atomic E-state index is 11.9. The van der Waals surface area contributed by atoms with Crippen molar-refractivity contribution in [3.05, 3.63) is 46.5 Å². The lowest BCUT2D eigenvalue weighted by Gasteiger charge is -2.06. The molecule has 2 rings (SSSR count). The highest BCUT2D eigenvalue weighted by molar-refractivity contribution is 7.89. The van der Waals surface area contributed by atoms with E-state index in [-0.39, 0.29) is 21.6 Å². The minimum atomic E-state index is -3.65. The fourth-order valence-electron chi connectivity index (χ4n) is 1.28. The molecule has 0 atom stereocenters. The lowest BCUT2D eigenvalue weighted by molar-refractivity contribution is 0.581. The van der Waals surface area contributed by atoms with Gasteiger partial charge < -0.3 is 4.98 Å². The van der Waals surface area contributed by atoms with Crippen LogP contribution in [0.15, 0.2) is 35.6 Å². The van der Waals surface area contributed by atoms with Crippen molar-refractivity contribution in [1.29, 1.82) is 0 Å². The predicted molar refractivity (Wildman–Crippen MR) is 69.1 cm³/mol. The quantitative estimate of drug-likeness (QED) is 0.850. The summed E-state index contributed by atoms with van der Waals surface area (Å²) < 4.78 is 26.3. The van der Waals surface area contributed by atoms with Crippen molar-refractivity contribution >= 4 is 33.2 Å². The number of hydrogen-bond donors (Lipinski definition) is 2. The Morgan fingerprint density at radius 2 is 2.17 bits per heavy atom. The maximum Gasteiger partial charge on any atom is 0.242 e. The third-order valence-electron chi connectivity index (χ3n) is 2.21. The molecule has 0 aliphatic carbocycles. The number of hydrogen-bond acceptors (Lipinski definition) is 3. The zero-order valence-corrected chi connectivity index (χ0v) is 11.4. The van der Waals surface area contributed by atoms with Crippen molar-refractivity contribution in [1.82, 2.24) is 14.7 Å². The molecule has 0 saturated carbocycles. The van der Waals surface area contributed by atoms with Crippen LogP contribution in [0.3, 0.4) is 0 Å². The van der Waals surface area contributed by atoms with Gasteiger partial charge in [-0.1, -0.05) is 23.2 Å². The summed E-state index contributed by atoms with van der Waals surface area (Å²) in [5, 5.41) is 0.169. The predicted octanol–water partition coefficient (Wildman–Crippen LogP) is 2.20. The maximum absolute atomic E-state index is 11.9. The van der Waals surface area contributed by atoms with Crippen LogP contribution in [0, 0.1) is 0 Å². The smallest absolute Gasteiger partial charge is 0.242 e. The Hall–Kier alpha value is -1.08. The van der Waals surface area contributed by atoms with Gasteiger partial charge in [-0.2, -0.15) is 0 Å². The second-order valence-corrected chi connectivity index (χ2v) is 6.02. The summed E-state index contributed by atoms with van der Waals surface area (Å²) in [4.78, 5) is 6.51. The van der Waals surface area contributed by atoms with Gasteiger partial charge in [0.2, 0.25) is 10.0 Å². The zero-order valence-electron chi connectivity index (χ0n) is 9.02. The highest BCUT2D eigenvalue weighted by atomic mass is 35.5. The highest BCUT2D eigenvalue weighted by Gasteiger charge is 2.16. The number of nitrogens with zero attached hydrogens (tertiary/aromatic N) is 1. The number of aromatic nitrogens is 2. The molecular weight excluding hydrogens is 297 g/mol. The second kappa shape index (κ2) is 5.27. The first-order chi connectivity index (χ1) is 8.49. The van der Waals surface area contributed by atoms with Crippen LogP contribution in [-0.4, -0.2) is 18.4 Å². The van der Waals surface area contributed by atoms with Crippen LogP contribution < -0.4 is 4.72 Å². The van der Waals surface area contributed by atoms with Gasteiger partial charge >= 0.3 is 0 Å². The fourth-order valence-corrected chi connectivity index (χ4v) is 2.60. The van der Waals surface area contributed by atoms with Crippen molar-refractivity contribution in [2.75, 3.05) is 0 Å². The van der Waals surface area contributed by atoms with E-state index in [9.17, 15) is 8.42 Å². The van der Waals surface area contributed by atoms with E-state index < -0.39 is 10.0 Å². The van der Waals surface area contributed by atoms with Gasteiger partial charge in [0, 0.05) is 25.1 Å². The molecule has 0 spiro atoms. The van der Waals surface area contributed by atoms with Gasteiger partial charge in [-0.15, -0.1) is 0 Å². The summed E-state index contributed by atoms with van der Waals surface area (Å²) >= 11 is 11.4. The van der Waals surface area contributed by atoms with Crippen LogP contribution in [0.2, 0.25) is 10.2 Å². The van der Waals surface area contributed by atoms with Crippen LogP contribution in [0.4, 0.5) is 0 Å². The first kappa shape index (κ1) is 13.4. The van der Waals surface area contributed by atoms with Gasteiger partial charge in [0.15, 0.2) is 0 Å². The van der Waals surface area contributed by atoms with Gasteiger partial charge in [0.25, 0.3) is 0 Å². The van der Waals surface area contributed by atoms with E-state index in [2.05, 4.69) is 14.7 Å². The highest BCUT2D eigenvalue weighted by Crippen LogP contribution is 2.22. The number of nitrogens with one attached hydrogen (secondary N) is 2. The molecule has 0 unspecified atom stereocenters. The van der Waals surface area contributed by atoms with E-state index in [4.69, 9.17) is 23.2 Å². The fraction of sp³-hybridized carbons (Fsp3) is 0.100. The Labute approximate surface area is 114 Å². The Morgan fingerprint density at radius 1 is 1.39 bits per heavy atom. The minimum Gasteiger partial charge on any atom is -0.367 e. The van der Waals surface area contributed by atoms with Crippen molar-refractivity contribution in [2.45, 2.75) is 11.4 Å². The van der Waals surface area contributed by atoms with Crippen LogP contribution >= 0.6 is 23.2 Å². The molecule has 2 heterocycles. The topological polar surface area (TPSA) is 74.8 Å². The number of sulfonamides is 1. The first-order valence-corrected chi connectivity index (χ1v) is 7.15. The number of aromatic amines is 1. The Balaban J connectivity index is 2.17. The standard InChI is InChI=1S/C10H9Cl2N3O2S/c11-9-3-8(6-14-10(9)12)18(16,17)15-5-7-1-2-13-4-7/h1-4,6,13,15H,5H2. The molecule has 0 aliphatic heterocycles. The molecule has 0 radical (unpaired) electrons. The van der Waals surface area contributed by atoms with Crippen LogP contribution in [-0.2, 0) is 16.6 Å². The summed E-state index contributed by atoms with van der Waals surface area (Å²) in [6, 6.07) is 3.03. The van der Waals surface area contributed by atoms with E-state index in [1.165, 1.54) is 6.07 Å². The lowest BCUT2D eigenvalue weighted by atomic mass is 10.4. The Bertz CT molecular complexity index is 641. The molecular formula is C10H9Cl2N3O2S.